The molecule has 2 aromatic rings. The highest BCUT2D eigenvalue weighted by atomic mass is 16.2. The molecule has 0 saturated heterocycles. The highest BCUT2D eigenvalue weighted by Gasteiger charge is 2.15. The molecule has 5 nitrogen and oxygen atoms in total. The summed E-state index contributed by atoms with van der Waals surface area (Å²) in [5.41, 5.74) is 3.28. The number of pyridine rings is 1. The first-order chi connectivity index (χ1) is 10.6. The minimum Gasteiger partial charge on any atom is -0.326 e. The monoisotopic (exact) mass is 295 g/mol. The van der Waals surface area contributed by atoms with E-state index in [1.54, 1.807) is 18.3 Å². The second-order valence-corrected chi connectivity index (χ2v) is 5.40. The van der Waals surface area contributed by atoms with Gasteiger partial charge < -0.3 is 10.6 Å². The van der Waals surface area contributed by atoms with Gasteiger partial charge >= 0.3 is 0 Å². The summed E-state index contributed by atoms with van der Waals surface area (Å²) in [6.45, 7) is 1.90. The number of nitrogens with one attached hydrogen (secondary N) is 2. The summed E-state index contributed by atoms with van der Waals surface area (Å²) in [5.74, 6) is 0.399. The number of amides is 2. The number of benzene rings is 1. The molecule has 2 heterocycles. The number of hydrogen-bond acceptors (Lipinski definition) is 3. The van der Waals surface area contributed by atoms with Gasteiger partial charge in [0.2, 0.25) is 5.91 Å². The maximum absolute atomic E-state index is 12.4. The standard InChI is InChI=1S/C17H17N3O2/c1-11-4-3-9-18-16(11)20-17(22)13-7-8-14-12(10-13)5-2-6-15(21)19-14/h3-4,7-10H,2,5-6H2,1H3,(H,19,21)(H,18,20,22). The number of hydrogen-bond donors (Lipinski definition) is 2. The number of nitrogens with zero attached hydrogens (tertiary/aromatic N) is 1. The minimum atomic E-state index is -0.194. The van der Waals surface area contributed by atoms with Crippen molar-refractivity contribution in [2.24, 2.45) is 0 Å². The van der Waals surface area contributed by atoms with Gasteiger partial charge in [-0.2, -0.15) is 0 Å². The zero-order valence-electron chi connectivity index (χ0n) is 12.3. The minimum absolute atomic E-state index is 0.0278. The van der Waals surface area contributed by atoms with Crippen molar-refractivity contribution in [2.45, 2.75) is 26.2 Å². The second kappa shape index (κ2) is 5.97. The highest BCUT2D eigenvalue weighted by Crippen LogP contribution is 2.23. The van der Waals surface area contributed by atoms with Crippen molar-refractivity contribution in [3.8, 4) is 0 Å². The Morgan fingerprint density at radius 2 is 2.14 bits per heavy atom. The molecule has 0 fully saturated rings. The van der Waals surface area contributed by atoms with Gasteiger partial charge in [-0.3, -0.25) is 9.59 Å². The summed E-state index contributed by atoms with van der Waals surface area (Å²) >= 11 is 0. The molecule has 0 spiro atoms. The molecule has 0 aliphatic carbocycles. The smallest absolute Gasteiger partial charge is 0.256 e. The maximum Gasteiger partial charge on any atom is 0.256 e. The molecule has 1 aliphatic heterocycles. The number of anilines is 2. The fraction of sp³-hybridized carbons (Fsp3) is 0.235. The lowest BCUT2D eigenvalue weighted by Gasteiger charge is -2.10. The first-order valence-corrected chi connectivity index (χ1v) is 7.29. The fourth-order valence-corrected chi connectivity index (χ4v) is 2.51. The van der Waals surface area contributed by atoms with E-state index in [2.05, 4.69) is 15.6 Å². The predicted octanol–water partition coefficient (Wildman–Crippen LogP) is 2.92. The number of carbonyl (C=O) groups is 2. The largest absolute Gasteiger partial charge is 0.326 e. The van der Waals surface area contributed by atoms with Gasteiger partial charge in [-0.1, -0.05) is 6.07 Å². The van der Waals surface area contributed by atoms with Crippen LogP contribution in [0.4, 0.5) is 11.5 Å². The van der Waals surface area contributed by atoms with Gasteiger partial charge in [-0.25, -0.2) is 4.98 Å². The van der Waals surface area contributed by atoms with E-state index in [-0.39, 0.29) is 11.8 Å². The summed E-state index contributed by atoms with van der Waals surface area (Å²) in [6.07, 6.45) is 3.75. The Hall–Kier alpha value is -2.69. The van der Waals surface area contributed by atoms with Gasteiger partial charge in [-0.15, -0.1) is 0 Å². The fourth-order valence-electron chi connectivity index (χ4n) is 2.51. The van der Waals surface area contributed by atoms with Crippen LogP contribution in [0.25, 0.3) is 0 Å². The van der Waals surface area contributed by atoms with Gasteiger partial charge in [-0.05, 0) is 55.2 Å². The van der Waals surface area contributed by atoms with Gasteiger partial charge in [0.25, 0.3) is 5.91 Å². The molecule has 0 radical (unpaired) electrons. The second-order valence-electron chi connectivity index (χ2n) is 5.40. The summed E-state index contributed by atoms with van der Waals surface area (Å²) < 4.78 is 0. The normalized spacial score (nSPS) is 13.8. The van der Waals surface area contributed by atoms with E-state index in [1.165, 1.54) is 0 Å². The summed E-state index contributed by atoms with van der Waals surface area (Å²) in [4.78, 5) is 28.1. The van der Waals surface area contributed by atoms with E-state index < -0.39 is 0 Å². The van der Waals surface area contributed by atoms with E-state index in [0.29, 0.717) is 17.8 Å². The van der Waals surface area contributed by atoms with Gasteiger partial charge in [0.05, 0.1) is 0 Å². The van der Waals surface area contributed by atoms with E-state index in [4.69, 9.17) is 0 Å². The van der Waals surface area contributed by atoms with E-state index in [0.717, 1.165) is 29.7 Å². The topological polar surface area (TPSA) is 71.1 Å². The third-order valence-corrected chi connectivity index (χ3v) is 3.73. The van der Waals surface area contributed by atoms with Crippen molar-refractivity contribution in [2.75, 3.05) is 10.6 Å². The zero-order valence-corrected chi connectivity index (χ0v) is 12.3. The third-order valence-electron chi connectivity index (χ3n) is 3.73. The van der Waals surface area contributed by atoms with Crippen molar-refractivity contribution in [1.29, 1.82) is 0 Å². The van der Waals surface area contributed by atoms with Crippen LogP contribution in [0.15, 0.2) is 36.5 Å². The molecule has 0 atom stereocenters. The van der Waals surface area contributed by atoms with E-state index >= 15 is 0 Å². The Morgan fingerprint density at radius 3 is 2.95 bits per heavy atom. The molecule has 1 aromatic heterocycles. The molecule has 112 valence electrons. The van der Waals surface area contributed by atoms with Crippen LogP contribution in [0.5, 0.6) is 0 Å². The van der Waals surface area contributed by atoms with Gasteiger partial charge in [0.15, 0.2) is 0 Å². The molecule has 0 bridgehead atoms. The molecule has 2 N–H and O–H groups in total. The van der Waals surface area contributed by atoms with Crippen LogP contribution in [-0.4, -0.2) is 16.8 Å². The molecule has 1 aliphatic rings. The average molecular weight is 295 g/mol. The van der Waals surface area contributed by atoms with Crippen molar-refractivity contribution >= 4 is 23.3 Å². The lowest BCUT2D eigenvalue weighted by Crippen LogP contribution is -2.15. The predicted molar refractivity (Wildman–Crippen MR) is 84.9 cm³/mol. The molecular weight excluding hydrogens is 278 g/mol. The lowest BCUT2D eigenvalue weighted by molar-refractivity contribution is -0.116. The van der Waals surface area contributed by atoms with Crippen LogP contribution in [0.2, 0.25) is 0 Å². The molecule has 2 amide bonds. The molecular formula is C17H17N3O2. The quantitative estimate of drug-likeness (QED) is 0.895. The van der Waals surface area contributed by atoms with Crippen LogP contribution in [0.3, 0.4) is 0 Å². The van der Waals surface area contributed by atoms with Crippen LogP contribution >= 0.6 is 0 Å². The van der Waals surface area contributed by atoms with Crippen LogP contribution in [0, 0.1) is 6.92 Å². The average Bonchev–Trinajstić information content (AvgIpc) is 2.69. The highest BCUT2D eigenvalue weighted by molar-refractivity contribution is 6.05. The van der Waals surface area contributed by atoms with Crippen molar-refractivity contribution < 1.29 is 9.59 Å². The summed E-state index contributed by atoms with van der Waals surface area (Å²) in [7, 11) is 0. The Kier molecular flexibility index (Phi) is 3.87. The Balaban J connectivity index is 1.83. The third kappa shape index (κ3) is 2.98. The maximum atomic E-state index is 12.4. The SMILES string of the molecule is Cc1cccnc1NC(=O)c1ccc2c(c1)CCCC(=O)N2. The first kappa shape index (κ1) is 14.3. The van der Waals surface area contributed by atoms with Crippen LogP contribution in [-0.2, 0) is 11.2 Å². The van der Waals surface area contributed by atoms with Crippen LogP contribution < -0.4 is 10.6 Å². The molecule has 1 aromatic carbocycles. The number of carbonyl (C=O) groups excluding carboxylic acids is 2. The van der Waals surface area contributed by atoms with Crippen molar-refractivity contribution in [3.05, 3.63) is 53.2 Å². The summed E-state index contributed by atoms with van der Waals surface area (Å²) in [6, 6.07) is 9.08. The Labute approximate surface area is 128 Å². The van der Waals surface area contributed by atoms with E-state index in [9.17, 15) is 9.59 Å². The first-order valence-electron chi connectivity index (χ1n) is 7.29. The Bertz CT molecular complexity index is 740. The molecule has 0 unspecified atom stereocenters. The number of fused-ring (bicyclic) bond motifs is 1. The van der Waals surface area contributed by atoms with Crippen molar-refractivity contribution in [3.63, 3.8) is 0 Å². The van der Waals surface area contributed by atoms with Gasteiger partial charge in [0, 0.05) is 23.9 Å². The van der Waals surface area contributed by atoms with Crippen molar-refractivity contribution in [1.82, 2.24) is 4.98 Å². The number of rotatable bonds is 2. The zero-order chi connectivity index (χ0) is 15.5. The van der Waals surface area contributed by atoms with Crippen LogP contribution in [0.1, 0.15) is 34.3 Å². The molecule has 5 heteroatoms. The Morgan fingerprint density at radius 1 is 1.27 bits per heavy atom. The number of aromatic nitrogens is 1. The van der Waals surface area contributed by atoms with Gasteiger partial charge in [0.1, 0.15) is 5.82 Å². The van der Waals surface area contributed by atoms with E-state index in [1.807, 2.05) is 25.1 Å². The lowest BCUT2D eigenvalue weighted by atomic mass is 10.0. The number of aryl methyl sites for hydroxylation is 2. The summed E-state index contributed by atoms with van der Waals surface area (Å²) in [5, 5.41) is 5.68. The molecule has 22 heavy (non-hydrogen) atoms. The molecule has 3 rings (SSSR count). The molecule has 0 saturated carbocycles.